The fourth-order valence-corrected chi connectivity index (χ4v) is 6.59. The van der Waals surface area contributed by atoms with Crippen molar-refractivity contribution in [2.45, 2.75) is 61.2 Å². The van der Waals surface area contributed by atoms with Crippen LogP contribution in [0.3, 0.4) is 0 Å². The molecule has 1 N–H and O–H groups in total. The molecular formula is C22H30ClF3N4OS. The molecule has 5 atom stereocenters. The fourth-order valence-electron chi connectivity index (χ4n) is 5.33. The third-order valence-corrected chi connectivity index (χ3v) is 8.59. The lowest BCUT2D eigenvalue weighted by Crippen LogP contribution is -2.56. The molecular weight excluding hydrogens is 461 g/mol. The van der Waals surface area contributed by atoms with E-state index in [-0.39, 0.29) is 28.9 Å². The molecule has 2 fully saturated rings. The summed E-state index contributed by atoms with van der Waals surface area (Å²) < 4.78 is 52.3. The number of likely N-dealkylation sites (tertiary alicyclic amines) is 2. The summed E-state index contributed by atoms with van der Waals surface area (Å²) in [6.45, 7) is 2.32. The van der Waals surface area contributed by atoms with Crippen molar-refractivity contribution < 1.29 is 17.9 Å². The SMILES string of the molecule is CO[C@@]1(C2CCCCN2C)CCN(C2CC(F)C(SNc3cccc(F)n3)C(F)=C2Cl)C1. The average molecular weight is 491 g/mol. The van der Waals surface area contributed by atoms with E-state index >= 15 is 8.78 Å². The van der Waals surface area contributed by atoms with Crippen molar-refractivity contribution in [1.82, 2.24) is 14.8 Å². The molecule has 1 aliphatic carbocycles. The topological polar surface area (TPSA) is 40.6 Å². The monoisotopic (exact) mass is 490 g/mol. The Morgan fingerprint density at radius 2 is 2.09 bits per heavy atom. The van der Waals surface area contributed by atoms with Gasteiger partial charge in [0.2, 0.25) is 5.95 Å². The van der Waals surface area contributed by atoms with Crippen molar-refractivity contribution in [2.75, 3.05) is 38.5 Å². The van der Waals surface area contributed by atoms with Gasteiger partial charge in [0.05, 0.1) is 16.7 Å². The second kappa shape index (κ2) is 10.1. The van der Waals surface area contributed by atoms with Crippen molar-refractivity contribution >= 4 is 29.4 Å². The first-order chi connectivity index (χ1) is 15.3. The van der Waals surface area contributed by atoms with E-state index in [0.29, 0.717) is 13.1 Å². The van der Waals surface area contributed by atoms with E-state index in [9.17, 15) is 4.39 Å². The normalized spacial score (nSPS) is 34.8. The van der Waals surface area contributed by atoms with Gasteiger partial charge in [-0.3, -0.25) is 4.90 Å². The molecule has 0 saturated carbocycles. The molecule has 178 valence electrons. The summed E-state index contributed by atoms with van der Waals surface area (Å²) in [4.78, 5) is 8.09. The molecule has 1 aromatic rings. The van der Waals surface area contributed by atoms with E-state index in [4.69, 9.17) is 16.3 Å². The lowest BCUT2D eigenvalue weighted by Gasteiger charge is -2.45. The zero-order chi connectivity index (χ0) is 22.9. The Balaban J connectivity index is 1.46. The van der Waals surface area contributed by atoms with Crippen LogP contribution in [-0.4, -0.2) is 77.7 Å². The van der Waals surface area contributed by atoms with E-state index in [1.54, 1.807) is 7.11 Å². The summed E-state index contributed by atoms with van der Waals surface area (Å²) in [5, 5.41) is -1.06. The van der Waals surface area contributed by atoms with Crippen molar-refractivity contribution in [1.29, 1.82) is 0 Å². The molecule has 3 heterocycles. The Hall–Kier alpha value is -1.00. The van der Waals surface area contributed by atoms with Crippen LogP contribution in [0, 0.1) is 5.95 Å². The van der Waals surface area contributed by atoms with Crippen LogP contribution < -0.4 is 4.72 Å². The van der Waals surface area contributed by atoms with Gasteiger partial charge in [0.15, 0.2) is 0 Å². The predicted octanol–water partition coefficient (Wildman–Crippen LogP) is 4.75. The Morgan fingerprint density at radius 1 is 1.28 bits per heavy atom. The standard InChI is InChI=1S/C22H30ClF3N4OS/c1-29-10-4-3-6-16(29)22(31-2)9-11-30(13-22)15-12-14(24)21(20(26)19(15)23)32-28-18-8-5-7-17(25)27-18/h5,7-8,14-16,21H,3-4,6,9-13H2,1-2H3,(H,27,28)/t14?,15?,16?,21?,22-/m0/s1. The van der Waals surface area contributed by atoms with Crippen LogP contribution in [0.1, 0.15) is 32.1 Å². The number of anilines is 1. The van der Waals surface area contributed by atoms with Gasteiger partial charge in [-0.2, -0.15) is 4.39 Å². The first-order valence-electron chi connectivity index (χ1n) is 11.1. The van der Waals surface area contributed by atoms with Crippen LogP contribution in [0.15, 0.2) is 29.1 Å². The van der Waals surface area contributed by atoms with Crippen molar-refractivity contribution in [3.05, 3.63) is 35.0 Å². The average Bonchev–Trinajstić information content (AvgIpc) is 3.22. The van der Waals surface area contributed by atoms with Gasteiger partial charge in [-0.25, -0.2) is 13.8 Å². The number of likely N-dealkylation sites (N-methyl/N-ethyl adjacent to an activating group) is 1. The summed E-state index contributed by atoms with van der Waals surface area (Å²) in [5.41, 5.74) is -0.356. The number of alkyl halides is 1. The van der Waals surface area contributed by atoms with E-state index in [1.807, 2.05) is 0 Å². The molecule has 2 saturated heterocycles. The van der Waals surface area contributed by atoms with Crippen molar-refractivity contribution in [3.63, 3.8) is 0 Å². The predicted molar refractivity (Wildman–Crippen MR) is 123 cm³/mol. The fraction of sp³-hybridized carbons (Fsp3) is 0.682. The third-order valence-electron chi connectivity index (χ3n) is 7.07. The largest absolute Gasteiger partial charge is 0.375 e. The quantitative estimate of drug-likeness (QED) is 0.458. The number of aromatic nitrogens is 1. The number of ether oxygens (including phenoxy) is 1. The highest BCUT2D eigenvalue weighted by Gasteiger charge is 2.50. The minimum Gasteiger partial charge on any atom is -0.375 e. The zero-order valence-corrected chi connectivity index (χ0v) is 19.9. The van der Waals surface area contributed by atoms with Gasteiger partial charge >= 0.3 is 0 Å². The van der Waals surface area contributed by atoms with Crippen LogP contribution in [0.25, 0.3) is 0 Å². The third kappa shape index (κ3) is 4.78. The number of nitrogens with one attached hydrogen (secondary N) is 1. The van der Waals surface area contributed by atoms with E-state index in [1.165, 1.54) is 24.6 Å². The number of methoxy groups -OCH3 is 1. The Bertz CT molecular complexity index is 849. The van der Waals surface area contributed by atoms with Gasteiger partial charge < -0.3 is 14.4 Å². The maximum absolute atomic E-state index is 15.2. The van der Waals surface area contributed by atoms with Crippen LogP contribution in [0.5, 0.6) is 0 Å². The Labute approximate surface area is 196 Å². The summed E-state index contributed by atoms with van der Waals surface area (Å²) in [6.07, 6.45) is 2.87. The number of pyridine rings is 1. The number of nitrogens with zero attached hydrogens (tertiary/aromatic N) is 3. The molecule has 0 spiro atoms. The second-order valence-corrected chi connectivity index (χ2v) is 10.3. The van der Waals surface area contributed by atoms with Crippen LogP contribution in [0.2, 0.25) is 0 Å². The number of piperidine rings is 1. The molecule has 32 heavy (non-hydrogen) atoms. The molecule has 0 bridgehead atoms. The molecule has 5 nitrogen and oxygen atoms in total. The van der Waals surface area contributed by atoms with Crippen molar-refractivity contribution in [3.8, 4) is 0 Å². The highest BCUT2D eigenvalue weighted by molar-refractivity contribution is 8.01. The van der Waals surface area contributed by atoms with Gasteiger partial charge in [0.1, 0.15) is 23.1 Å². The summed E-state index contributed by atoms with van der Waals surface area (Å²) in [5.74, 6) is -1.13. The van der Waals surface area contributed by atoms with E-state index in [0.717, 1.165) is 37.8 Å². The van der Waals surface area contributed by atoms with E-state index in [2.05, 4.69) is 26.6 Å². The molecule has 2 aliphatic heterocycles. The molecule has 1 aromatic heterocycles. The number of hydrogen-bond donors (Lipinski definition) is 1. The molecule has 0 aromatic carbocycles. The van der Waals surface area contributed by atoms with E-state index < -0.39 is 29.2 Å². The lowest BCUT2D eigenvalue weighted by atomic mass is 9.85. The van der Waals surface area contributed by atoms with Gasteiger partial charge in [0, 0.05) is 32.7 Å². The molecule has 4 unspecified atom stereocenters. The molecule has 10 heteroatoms. The molecule has 3 aliphatic rings. The van der Waals surface area contributed by atoms with Crippen LogP contribution in [-0.2, 0) is 4.74 Å². The smallest absolute Gasteiger partial charge is 0.214 e. The summed E-state index contributed by atoms with van der Waals surface area (Å²) in [6, 6.07) is 4.00. The lowest BCUT2D eigenvalue weighted by molar-refractivity contribution is -0.0776. The number of hydrogen-bond acceptors (Lipinski definition) is 6. The van der Waals surface area contributed by atoms with Gasteiger partial charge in [-0.15, -0.1) is 0 Å². The zero-order valence-electron chi connectivity index (χ0n) is 18.4. The van der Waals surface area contributed by atoms with Crippen LogP contribution in [0.4, 0.5) is 19.0 Å². The van der Waals surface area contributed by atoms with Crippen LogP contribution >= 0.6 is 23.5 Å². The number of rotatable bonds is 6. The first kappa shape index (κ1) is 24.1. The minimum absolute atomic E-state index is 0.0503. The van der Waals surface area contributed by atoms with Crippen molar-refractivity contribution in [2.24, 2.45) is 0 Å². The second-order valence-electron chi connectivity index (χ2n) is 8.93. The molecule has 4 rings (SSSR count). The summed E-state index contributed by atoms with van der Waals surface area (Å²) >= 11 is 7.29. The molecule has 0 radical (unpaired) electrons. The maximum atomic E-state index is 15.2. The first-order valence-corrected chi connectivity index (χ1v) is 12.3. The van der Waals surface area contributed by atoms with Gasteiger partial charge in [-0.05, 0) is 56.9 Å². The Kier molecular flexibility index (Phi) is 7.61. The summed E-state index contributed by atoms with van der Waals surface area (Å²) in [7, 11) is 3.86. The number of halogens is 4. The molecule has 0 amide bonds. The highest BCUT2D eigenvalue weighted by atomic mass is 35.5. The Morgan fingerprint density at radius 3 is 2.81 bits per heavy atom. The maximum Gasteiger partial charge on any atom is 0.214 e. The van der Waals surface area contributed by atoms with Gasteiger partial charge in [0.25, 0.3) is 0 Å². The van der Waals surface area contributed by atoms with Gasteiger partial charge in [-0.1, -0.05) is 24.1 Å². The highest BCUT2D eigenvalue weighted by Crippen LogP contribution is 2.43. The minimum atomic E-state index is -1.44.